The number of rotatable bonds is 0. The van der Waals surface area contributed by atoms with E-state index in [0.29, 0.717) is 22.9 Å². The third-order valence-corrected chi connectivity index (χ3v) is 2.33. The lowest BCUT2D eigenvalue weighted by Crippen LogP contribution is -1.97. The fourth-order valence-electron chi connectivity index (χ4n) is 1.56. The fraction of sp³-hybridized carbons (Fsp3) is 0.154. The molecule has 94 valence electrons. The predicted molar refractivity (Wildman–Crippen MR) is 65.2 cm³/mol. The molecule has 0 saturated heterocycles. The molecule has 4 nitrogen and oxygen atoms in total. The number of para-hydroxylation sites is 2. The van der Waals surface area contributed by atoms with E-state index in [1.165, 1.54) is 13.1 Å². The Hall–Kier alpha value is -2.14. The average Bonchev–Trinajstić information content (AvgIpc) is 2.59. The lowest BCUT2D eigenvalue weighted by molar-refractivity contribution is 0.303. The number of nitrogens with zero attached hydrogens (tertiary/aromatic N) is 1. The van der Waals surface area contributed by atoms with Gasteiger partial charge in [0, 0.05) is 6.07 Å². The van der Waals surface area contributed by atoms with Gasteiger partial charge in [0.1, 0.15) is 18.1 Å². The van der Waals surface area contributed by atoms with Crippen LogP contribution in [0, 0.1) is 5.82 Å². The van der Waals surface area contributed by atoms with E-state index in [0.717, 1.165) is 6.20 Å². The Morgan fingerprint density at radius 2 is 1.89 bits per heavy atom. The van der Waals surface area contributed by atoms with Crippen LogP contribution in [0.1, 0.15) is 5.69 Å². The second kappa shape index (κ2) is 5.46. The lowest BCUT2D eigenvalue weighted by Gasteiger charge is -2.05. The topological polar surface area (TPSA) is 57.4 Å². The SMILES string of the molecule is CN.Fc1cnc2c(c1)Oc1ccccc1OC2. The van der Waals surface area contributed by atoms with Crippen LogP contribution in [0.15, 0.2) is 36.5 Å². The van der Waals surface area contributed by atoms with Gasteiger partial charge in [-0.25, -0.2) is 4.39 Å². The molecule has 0 unspecified atom stereocenters. The van der Waals surface area contributed by atoms with Gasteiger partial charge < -0.3 is 15.2 Å². The van der Waals surface area contributed by atoms with Gasteiger partial charge in [0.25, 0.3) is 0 Å². The van der Waals surface area contributed by atoms with Crippen LogP contribution in [-0.4, -0.2) is 12.0 Å². The molecule has 0 fully saturated rings. The molecule has 5 heteroatoms. The highest BCUT2D eigenvalue weighted by Gasteiger charge is 2.16. The van der Waals surface area contributed by atoms with Gasteiger partial charge in [0.05, 0.1) is 6.20 Å². The summed E-state index contributed by atoms with van der Waals surface area (Å²) in [6.45, 7) is 0.284. The maximum atomic E-state index is 13.0. The van der Waals surface area contributed by atoms with Crippen molar-refractivity contribution >= 4 is 0 Å². The van der Waals surface area contributed by atoms with E-state index in [1.807, 2.05) is 12.1 Å². The second-order valence-corrected chi connectivity index (χ2v) is 3.44. The third kappa shape index (κ3) is 2.41. The van der Waals surface area contributed by atoms with E-state index < -0.39 is 5.82 Å². The number of benzene rings is 1. The highest BCUT2D eigenvalue weighted by molar-refractivity contribution is 5.45. The highest BCUT2D eigenvalue weighted by atomic mass is 19.1. The van der Waals surface area contributed by atoms with Crippen LogP contribution in [0.5, 0.6) is 17.2 Å². The molecule has 18 heavy (non-hydrogen) atoms. The maximum Gasteiger partial charge on any atom is 0.169 e. The van der Waals surface area contributed by atoms with Crippen molar-refractivity contribution in [3.05, 3.63) is 48.0 Å². The zero-order valence-corrected chi connectivity index (χ0v) is 9.89. The van der Waals surface area contributed by atoms with Gasteiger partial charge in [-0.3, -0.25) is 4.98 Å². The monoisotopic (exact) mass is 248 g/mol. The van der Waals surface area contributed by atoms with Gasteiger partial charge in [-0.15, -0.1) is 0 Å². The molecule has 2 aromatic rings. The summed E-state index contributed by atoms with van der Waals surface area (Å²) in [6, 6.07) is 8.58. The van der Waals surface area contributed by atoms with Crippen LogP contribution in [0.3, 0.4) is 0 Å². The molecular weight excluding hydrogens is 235 g/mol. The molecule has 0 atom stereocenters. The van der Waals surface area contributed by atoms with E-state index >= 15 is 0 Å². The average molecular weight is 248 g/mol. The predicted octanol–water partition coefficient (Wildman–Crippen LogP) is 2.48. The maximum absolute atomic E-state index is 13.0. The van der Waals surface area contributed by atoms with Crippen LogP contribution in [0.4, 0.5) is 4.39 Å². The first-order chi connectivity index (χ1) is 8.83. The number of fused-ring (bicyclic) bond motifs is 2. The summed E-state index contributed by atoms with van der Waals surface area (Å²) in [4.78, 5) is 3.94. The van der Waals surface area contributed by atoms with Crippen molar-refractivity contribution in [2.24, 2.45) is 5.73 Å². The van der Waals surface area contributed by atoms with E-state index in [1.54, 1.807) is 12.1 Å². The molecule has 0 radical (unpaired) electrons. The van der Waals surface area contributed by atoms with Crippen LogP contribution < -0.4 is 15.2 Å². The van der Waals surface area contributed by atoms with E-state index in [9.17, 15) is 4.39 Å². The first-order valence-electron chi connectivity index (χ1n) is 5.45. The molecule has 1 aromatic heterocycles. The second-order valence-electron chi connectivity index (χ2n) is 3.44. The zero-order chi connectivity index (χ0) is 13.0. The molecule has 1 aliphatic heterocycles. The Labute approximate surface area is 104 Å². The summed E-state index contributed by atoms with van der Waals surface area (Å²) >= 11 is 0. The van der Waals surface area contributed by atoms with Gasteiger partial charge in [-0.1, -0.05) is 12.1 Å². The van der Waals surface area contributed by atoms with E-state index in [4.69, 9.17) is 9.47 Å². The molecule has 0 aliphatic carbocycles. The van der Waals surface area contributed by atoms with Crippen LogP contribution in [0.25, 0.3) is 0 Å². The summed E-state index contributed by atoms with van der Waals surface area (Å²) in [5, 5.41) is 0. The minimum Gasteiger partial charge on any atom is -0.483 e. The van der Waals surface area contributed by atoms with Crippen molar-refractivity contribution in [3.63, 3.8) is 0 Å². The van der Waals surface area contributed by atoms with E-state index in [-0.39, 0.29) is 6.61 Å². The smallest absolute Gasteiger partial charge is 0.169 e. The summed E-state index contributed by atoms with van der Waals surface area (Å²) in [5.41, 5.74) is 5.10. The van der Waals surface area contributed by atoms with Crippen molar-refractivity contribution in [2.75, 3.05) is 7.05 Å². The number of nitrogens with two attached hydrogens (primary N) is 1. The first-order valence-corrected chi connectivity index (χ1v) is 5.45. The van der Waals surface area contributed by atoms with Gasteiger partial charge in [-0.05, 0) is 19.2 Å². The normalized spacial score (nSPS) is 11.7. The van der Waals surface area contributed by atoms with Crippen LogP contribution in [0.2, 0.25) is 0 Å². The fourth-order valence-corrected chi connectivity index (χ4v) is 1.56. The molecule has 1 aromatic carbocycles. The van der Waals surface area contributed by atoms with Gasteiger partial charge in [0.2, 0.25) is 0 Å². The molecule has 0 bridgehead atoms. The summed E-state index contributed by atoms with van der Waals surface area (Å²) in [7, 11) is 1.50. The standard InChI is InChI=1S/C12H8FNO2.CH5N/c13-8-5-12-9(14-6-8)7-15-10-3-1-2-4-11(10)16-12;1-2/h1-6H,7H2;2H2,1H3. The van der Waals surface area contributed by atoms with Crippen LogP contribution >= 0.6 is 0 Å². The number of aromatic nitrogens is 1. The van der Waals surface area contributed by atoms with Gasteiger partial charge in [0.15, 0.2) is 17.2 Å². The molecular formula is C13H13FN2O2. The van der Waals surface area contributed by atoms with Crippen molar-refractivity contribution in [1.29, 1.82) is 0 Å². The Bertz CT molecular complexity index is 546. The summed E-state index contributed by atoms with van der Waals surface area (Å²) < 4.78 is 24.1. The minimum atomic E-state index is -0.418. The molecule has 0 saturated carbocycles. The van der Waals surface area contributed by atoms with Crippen molar-refractivity contribution in [3.8, 4) is 17.2 Å². The van der Waals surface area contributed by atoms with Crippen molar-refractivity contribution in [1.82, 2.24) is 4.98 Å². The number of ether oxygens (including phenoxy) is 2. The number of halogens is 1. The Morgan fingerprint density at radius 3 is 2.67 bits per heavy atom. The zero-order valence-electron chi connectivity index (χ0n) is 9.89. The molecule has 1 aliphatic rings. The summed E-state index contributed by atoms with van der Waals surface area (Å²) in [6.07, 6.45) is 1.15. The minimum absolute atomic E-state index is 0.284. The lowest BCUT2D eigenvalue weighted by atomic mass is 10.3. The number of hydrogen-bond donors (Lipinski definition) is 1. The van der Waals surface area contributed by atoms with Gasteiger partial charge in [-0.2, -0.15) is 0 Å². The molecule has 0 spiro atoms. The number of hydrogen-bond acceptors (Lipinski definition) is 4. The third-order valence-electron chi connectivity index (χ3n) is 2.33. The molecule has 2 N–H and O–H groups in total. The molecule has 3 rings (SSSR count). The molecule has 0 amide bonds. The number of pyridine rings is 1. The summed E-state index contributed by atoms with van der Waals surface area (Å²) in [5.74, 6) is 1.21. The van der Waals surface area contributed by atoms with E-state index in [2.05, 4.69) is 10.7 Å². The Balaban J connectivity index is 0.000000574. The van der Waals surface area contributed by atoms with Gasteiger partial charge >= 0.3 is 0 Å². The quantitative estimate of drug-likeness (QED) is 0.778. The van der Waals surface area contributed by atoms with Crippen molar-refractivity contribution in [2.45, 2.75) is 6.61 Å². The first kappa shape index (κ1) is 12.3. The largest absolute Gasteiger partial charge is 0.483 e. The Morgan fingerprint density at radius 1 is 1.17 bits per heavy atom. The van der Waals surface area contributed by atoms with Crippen LogP contribution in [-0.2, 0) is 6.61 Å². The highest BCUT2D eigenvalue weighted by Crippen LogP contribution is 2.36. The molecule has 2 heterocycles. The van der Waals surface area contributed by atoms with Crippen molar-refractivity contribution < 1.29 is 13.9 Å². The Kier molecular flexibility index (Phi) is 3.74.